The Morgan fingerprint density at radius 1 is 1.14 bits per heavy atom. The van der Waals surface area contributed by atoms with Crippen molar-refractivity contribution < 1.29 is 8.42 Å². The lowest BCUT2D eigenvalue weighted by atomic mass is 10.3. The van der Waals surface area contributed by atoms with Gasteiger partial charge in [-0.3, -0.25) is 0 Å². The van der Waals surface area contributed by atoms with Gasteiger partial charge in [-0.1, -0.05) is 13.3 Å². The topological polar surface area (TPSA) is 69.6 Å². The van der Waals surface area contributed by atoms with E-state index in [0.29, 0.717) is 26.2 Å². The third-order valence-electron chi connectivity index (χ3n) is 3.81. The van der Waals surface area contributed by atoms with Gasteiger partial charge < -0.3 is 9.80 Å². The van der Waals surface area contributed by atoms with Crippen molar-refractivity contribution in [3.05, 3.63) is 12.1 Å². The lowest BCUT2D eigenvalue weighted by molar-refractivity contribution is 0.383. The van der Waals surface area contributed by atoms with Gasteiger partial charge in [0.1, 0.15) is 0 Å². The van der Waals surface area contributed by atoms with Crippen LogP contribution in [0.2, 0.25) is 0 Å². The molecular formula is C14H25N5O2S. The third-order valence-corrected chi connectivity index (χ3v) is 5.76. The zero-order valence-corrected chi connectivity index (χ0v) is 14.4. The SMILES string of the molecule is CCCCS(=O)(=O)N1CCN(c2ccc(N(C)C)nn2)CC1. The van der Waals surface area contributed by atoms with Crippen LogP contribution in [0.4, 0.5) is 11.6 Å². The number of piperazine rings is 1. The first-order chi connectivity index (χ1) is 10.4. The largest absolute Gasteiger partial charge is 0.361 e. The molecule has 2 heterocycles. The minimum absolute atomic E-state index is 0.251. The third kappa shape index (κ3) is 4.07. The van der Waals surface area contributed by atoms with Crippen LogP contribution in [0.25, 0.3) is 0 Å². The maximum absolute atomic E-state index is 12.2. The molecule has 0 amide bonds. The molecule has 0 spiro atoms. The quantitative estimate of drug-likeness (QED) is 0.769. The number of unbranched alkanes of at least 4 members (excludes halogenated alkanes) is 1. The number of sulfonamides is 1. The molecule has 0 radical (unpaired) electrons. The van der Waals surface area contributed by atoms with Crippen molar-refractivity contribution in [1.82, 2.24) is 14.5 Å². The van der Waals surface area contributed by atoms with E-state index in [0.717, 1.165) is 24.5 Å². The van der Waals surface area contributed by atoms with Crippen molar-refractivity contribution in [2.75, 3.05) is 55.8 Å². The van der Waals surface area contributed by atoms with Crippen molar-refractivity contribution in [2.45, 2.75) is 19.8 Å². The highest BCUT2D eigenvalue weighted by molar-refractivity contribution is 7.89. The van der Waals surface area contributed by atoms with Crippen molar-refractivity contribution >= 4 is 21.7 Å². The molecule has 0 aromatic carbocycles. The highest BCUT2D eigenvalue weighted by atomic mass is 32.2. The second kappa shape index (κ2) is 7.23. The molecular weight excluding hydrogens is 302 g/mol. The molecule has 1 aliphatic rings. The van der Waals surface area contributed by atoms with Gasteiger partial charge in [-0.25, -0.2) is 8.42 Å². The maximum atomic E-state index is 12.2. The Morgan fingerprint density at radius 3 is 2.32 bits per heavy atom. The van der Waals surface area contributed by atoms with E-state index in [1.165, 1.54) is 0 Å². The first-order valence-electron chi connectivity index (χ1n) is 7.68. The lowest BCUT2D eigenvalue weighted by Crippen LogP contribution is -2.49. The first kappa shape index (κ1) is 17.0. The van der Waals surface area contributed by atoms with Crippen LogP contribution < -0.4 is 9.80 Å². The molecule has 1 aromatic rings. The lowest BCUT2D eigenvalue weighted by Gasteiger charge is -2.34. The van der Waals surface area contributed by atoms with Crippen molar-refractivity contribution in [3.8, 4) is 0 Å². The average Bonchev–Trinajstić information content (AvgIpc) is 2.53. The molecule has 1 saturated heterocycles. The van der Waals surface area contributed by atoms with Gasteiger partial charge in [0.25, 0.3) is 0 Å². The molecule has 0 atom stereocenters. The van der Waals surface area contributed by atoms with Crippen molar-refractivity contribution in [1.29, 1.82) is 0 Å². The summed E-state index contributed by atoms with van der Waals surface area (Å²) in [6.07, 6.45) is 1.62. The molecule has 22 heavy (non-hydrogen) atoms. The Hall–Kier alpha value is -1.41. The van der Waals surface area contributed by atoms with Gasteiger partial charge in [0, 0.05) is 40.3 Å². The van der Waals surface area contributed by atoms with Crippen LogP contribution >= 0.6 is 0 Å². The summed E-state index contributed by atoms with van der Waals surface area (Å²) in [6, 6.07) is 3.86. The van der Waals surface area contributed by atoms with E-state index in [1.54, 1.807) is 4.31 Å². The summed E-state index contributed by atoms with van der Waals surface area (Å²) >= 11 is 0. The van der Waals surface area contributed by atoms with E-state index < -0.39 is 10.0 Å². The molecule has 1 aromatic heterocycles. The number of aromatic nitrogens is 2. The van der Waals surface area contributed by atoms with Crippen molar-refractivity contribution in [2.24, 2.45) is 0 Å². The zero-order chi connectivity index (χ0) is 16.2. The van der Waals surface area contributed by atoms with Crippen LogP contribution in [0, 0.1) is 0 Å². The summed E-state index contributed by atoms with van der Waals surface area (Å²) in [5.41, 5.74) is 0. The molecule has 7 nitrogen and oxygen atoms in total. The Morgan fingerprint density at radius 2 is 1.82 bits per heavy atom. The second-order valence-corrected chi connectivity index (χ2v) is 7.79. The van der Waals surface area contributed by atoms with Gasteiger partial charge in [-0.05, 0) is 18.6 Å². The fourth-order valence-electron chi connectivity index (χ4n) is 2.38. The fraction of sp³-hybridized carbons (Fsp3) is 0.714. The molecule has 8 heteroatoms. The van der Waals surface area contributed by atoms with Crippen LogP contribution in [-0.4, -0.2) is 68.9 Å². The molecule has 0 N–H and O–H groups in total. The Balaban J connectivity index is 1.94. The standard InChI is InChI=1S/C14H25N5O2S/c1-4-5-12-22(20,21)19-10-8-18(9-11-19)14-7-6-13(15-16-14)17(2)3/h6-7H,4-5,8-12H2,1-3H3. The summed E-state index contributed by atoms with van der Waals surface area (Å²) < 4.78 is 26.0. The second-order valence-electron chi connectivity index (χ2n) is 5.70. The van der Waals surface area contributed by atoms with Gasteiger partial charge in [0.05, 0.1) is 5.75 Å². The van der Waals surface area contributed by atoms with Gasteiger partial charge in [0.15, 0.2) is 11.6 Å². The normalized spacial score (nSPS) is 16.8. The Kier molecular flexibility index (Phi) is 5.57. The minimum Gasteiger partial charge on any atom is -0.361 e. The maximum Gasteiger partial charge on any atom is 0.214 e. The van der Waals surface area contributed by atoms with Gasteiger partial charge in [-0.2, -0.15) is 4.31 Å². The van der Waals surface area contributed by atoms with Crippen LogP contribution in [-0.2, 0) is 10.0 Å². The predicted octanol–water partition coefficient (Wildman–Crippen LogP) is 0.795. The number of nitrogens with zero attached hydrogens (tertiary/aromatic N) is 5. The monoisotopic (exact) mass is 327 g/mol. The molecule has 124 valence electrons. The number of hydrogen-bond donors (Lipinski definition) is 0. The van der Waals surface area contributed by atoms with E-state index in [1.807, 2.05) is 38.1 Å². The van der Waals surface area contributed by atoms with E-state index in [9.17, 15) is 8.42 Å². The summed E-state index contributed by atoms with van der Waals surface area (Å²) in [5, 5.41) is 8.39. The first-order valence-corrected chi connectivity index (χ1v) is 9.29. The number of rotatable bonds is 6. The van der Waals surface area contributed by atoms with E-state index in [4.69, 9.17) is 0 Å². The van der Waals surface area contributed by atoms with Crippen molar-refractivity contribution in [3.63, 3.8) is 0 Å². The average molecular weight is 327 g/mol. The van der Waals surface area contributed by atoms with E-state index in [-0.39, 0.29) is 5.75 Å². The molecule has 1 aliphatic heterocycles. The fourth-order valence-corrected chi connectivity index (χ4v) is 4.01. The van der Waals surface area contributed by atoms with Crippen LogP contribution in [0.3, 0.4) is 0 Å². The predicted molar refractivity (Wildman–Crippen MR) is 88.8 cm³/mol. The number of anilines is 2. The molecule has 1 fully saturated rings. The highest BCUT2D eigenvalue weighted by Crippen LogP contribution is 2.17. The summed E-state index contributed by atoms with van der Waals surface area (Å²) in [7, 11) is 0.735. The smallest absolute Gasteiger partial charge is 0.214 e. The van der Waals surface area contributed by atoms with Crippen LogP contribution in [0.1, 0.15) is 19.8 Å². The van der Waals surface area contributed by atoms with Gasteiger partial charge in [0.2, 0.25) is 10.0 Å². The molecule has 0 aliphatic carbocycles. The Bertz CT molecular complexity index is 565. The van der Waals surface area contributed by atoms with Gasteiger partial charge in [-0.15, -0.1) is 10.2 Å². The number of hydrogen-bond acceptors (Lipinski definition) is 6. The summed E-state index contributed by atoms with van der Waals surface area (Å²) in [5.74, 6) is 1.86. The zero-order valence-electron chi connectivity index (χ0n) is 13.6. The van der Waals surface area contributed by atoms with Crippen LogP contribution in [0.15, 0.2) is 12.1 Å². The molecule has 0 bridgehead atoms. The van der Waals surface area contributed by atoms with E-state index >= 15 is 0 Å². The summed E-state index contributed by atoms with van der Waals surface area (Å²) in [4.78, 5) is 3.98. The Labute approximate surface area is 133 Å². The summed E-state index contributed by atoms with van der Waals surface area (Å²) in [6.45, 7) is 4.35. The highest BCUT2D eigenvalue weighted by Gasteiger charge is 2.26. The molecule has 0 unspecified atom stereocenters. The van der Waals surface area contributed by atoms with E-state index in [2.05, 4.69) is 15.1 Å². The van der Waals surface area contributed by atoms with Gasteiger partial charge >= 0.3 is 0 Å². The molecule has 0 saturated carbocycles. The van der Waals surface area contributed by atoms with Crippen LogP contribution in [0.5, 0.6) is 0 Å². The molecule has 2 rings (SSSR count). The minimum atomic E-state index is -3.11.